The zero-order valence-corrected chi connectivity index (χ0v) is 24.8. The molecule has 2 amide bonds. The zero-order valence-electron chi connectivity index (χ0n) is 24.1. The van der Waals surface area contributed by atoms with Gasteiger partial charge < -0.3 is 25.4 Å². The van der Waals surface area contributed by atoms with E-state index < -0.39 is 5.60 Å². The van der Waals surface area contributed by atoms with Crippen molar-refractivity contribution in [2.75, 3.05) is 25.9 Å². The van der Waals surface area contributed by atoms with E-state index in [1.54, 1.807) is 23.1 Å². The molecule has 42 heavy (non-hydrogen) atoms. The molecule has 4 aromatic rings. The van der Waals surface area contributed by atoms with Crippen LogP contribution in [0.25, 0.3) is 22.3 Å². The van der Waals surface area contributed by atoms with Crippen molar-refractivity contribution in [2.45, 2.75) is 51.8 Å². The zero-order chi connectivity index (χ0) is 30.0. The molecule has 3 heterocycles. The Labute approximate surface area is 249 Å². The summed E-state index contributed by atoms with van der Waals surface area (Å²) in [7, 11) is 1.48. The highest BCUT2D eigenvalue weighted by Crippen LogP contribution is 2.34. The fraction of sp³-hybridized carbons (Fsp3) is 0.367. The SMILES string of the molecule is COc1c(Cl)cccc1C(=O)NCc1ccc(-c2nn([C@@H]3CCCN(C(=O)OC(C)(C)C)C3)c3ncnc(N)c23)cc1. The number of hydrogen-bond acceptors (Lipinski definition) is 8. The first kappa shape index (κ1) is 29.1. The van der Waals surface area contributed by atoms with Gasteiger partial charge in [-0.1, -0.05) is 41.9 Å². The predicted molar refractivity (Wildman–Crippen MR) is 160 cm³/mol. The molecule has 0 radical (unpaired) electrons. The third-order valence-electron chi connectivity index (χ3n) is 7.01. The molecule has 5 rings (SSSR count). The molecule has 1 saturated heterocycles. The summed E-state index contributed by atoms with van der Waals surface area (Å²) in [5, 5.41) is 8.88. The van der Waals surface area contributed by atoms with E-state index in [2.05, 4.69) is 15.3 Å². The number of methoxy groups -OCH3 is 1. The summed E-state index contributed by atoms with van der Waals surface area (Å²) in [6, 6.07) is 12.6. The van der Waals surface area contributed by atoms with E-state index in [0.29, 0.717) is 58.5 Å². The molecule has 3 N–H and O–H groups in total. The summed E-state index contributed by atoms with van der Waals surface area (Å²) >= 11 is 6.16. The number of fused-ring (bicyclic) bond motifs is 1. The van der Waals surface area contributed by atoms with E-state index in [-0.39, 0.29) is 18.0 Å². The Bertz CT molecular complexity index is 1610. The lowest BCUT2D eigenvalue weighted by atomic mass is 10.1. The van der Waals surface area contributed by atoms with Crippen molar-refractivity contribution in [3.05, 3.63) is 64.9 Å². The minimum atomic E-state index is -0.575. The summed E-state index contributed by atoms with van der Waals surface area (Å²) < 4.78 is 12.7. The average Bonchev–Trinajstić information content (AvgIpc) is 3.36. The van der Waals surface area contributed by atoms with Gasteiger partial charge >= 0.3 is 6.09 Å². The summed E-state index contributed by atoms with van der Waals surface area (Å²) in [6.07, 6.45) is 2.72. The molecule has 2 aromatic carbocycles. The molecular formula is C30H34ClN7O4. The number of amides is 2. The molecule has 0 unspecified atom stereocenters. The number of carbonyl (C=O) groups is 2. The van der Waals surface area contributed by atoms with Gasteiger partial charge in [0.2, 0.25) is 0 Å². The molecule has 0 saturated carbocycles. The van der Waals surface area contributed by atoms with Crippen molar-refractivity contribution in [3.63, 3.8) is 0 Å². The highest BCUT2D eigenvalue weighted by molar-refractivity contribution is 6.32. The van der Waals surface area contributed by atoms with E-state index in [1.165, 1.54) is 13.4 Å². The van der Waals surface area contributed by atoms with E-state index in [1.807, 2.05) is 49.7 Å². The normalized spacial score (nSPS) is 15.5. The quantitative estimate of drug-likeness (QED) is 0.310. The Morgan fingerprint density at radius 3 is 2.62 bits per heavy atom. The predicted octanol–water partition coefficient (Wildman–Crippen LogP) is 5.24. The first-order valence-electron chi connectivity index (χ1n) is 13.7. The van der Waals surface area contributed by atoms with Crippen LogP contribution in [0.3, 0.4) is 0 Å². The topological polar surface area (TPSA) is 137 Å². The smallest absolute Gasteiger partial charge is 0.410 e. The average molecular weight is 592 g/mol. The Hall–Kier alpha value is -4.38. The summed E-state index contributed by atoms with van der Waals surface area (Å²) in [5.41, 5.74) is 9.09. The second kappa shape index (κ2) is 11.8. The van der Waals surface area contributed by atoms with Crippen molar-refractivity contribution >= 4 is 40.5 Å². The Balaban J connectivity index is 1.37. The van der Waals surface area contributed by atoms with Crippen molar-refractivity contribution in [1.29, 1.82) is 0 Å². The van der Waals surface area contributed by atoms with Gasteiger partial charge in [0.1, 0.15) is 29.2 Å². The number of para-hydroxylation sites is 1. The number of piperidine rings is 1. The molecule has 1 fully saturated rings. The van der Waals surface area contributed by atoms with Gasteiger partial charge in [-0.3, -0.25) is 4.79 Å². The number of carbonyl (C=O) groups excluding carboxylic acids is 2. The van der Waals surface area contributed by atoms with Crippen molar-refractivity contribution in [3.8, 4) is 17.0 Å². The fourth-order valence-corrected chi connectivity index (χ4v) is 5.30. The maximum absolute atomic E-state index is 12.8. The lowest BCUT2D eigenvalue weighted by molar-refractivity contribution is 0.0169. The van der Waals surface area contributed by atoms with Crippen LogP contribution in [0.1, 0.15) is 55.6 Å². The number of ether oxygens (including phenoxy) is 2. The number of rotatable bonds is 6. The molecule has 1 aliphatic heterocycles. The lowest BCUT2D eigenvalue weighted by Gasteiger charge is -2.34. The minimum Gasteiger partial charge on any atom is -0.494 e. The van der Waals surface area contributed by atoms with Crippen LogP contribution in [0, 0.1) is 0 Å². The number of aromatic nitrogens is 4. The molecule has 1 aliphatic rings. The van der Waals surface area contributed by atoms with Gasteiger partial charge in [-0.2, -0.15) is 5.10 Å². The second-order valence-corrected chi connectivity index (χ2v) is 11.6. The van der Waals surface area contributed by atoms with Gasteiger partial charge in [0.05, 0.1) is 29.1 Å². The molecule has 0 spiro atoms. The molecule has 2 aromatic heterocycles. The van der Waals surface area contributed by atoms with Crippen LogP contribution in [0.5, 0.6) is 5.75 Å². The number of anilines is 1. The van der Waals surface area contributed by atoms with Crippen molar-refractivity contribution < 1.29 is 19.1 Å². The molecule has 0 aliphatic carbocycles. The number of nitrogen functional groups attached to an aromatic ring is 1. The molecule has 1 atom stereocenters. The number of hydrogen-bond donors (Lipinski definition) is 2. The summed E-state index contributed by atoms with van der Waals surface area (Å²) in [6.45, 7) is 6.94. The minimum absolute atomic E-state index is 0.102. The van der Waals surface area contributed by atoms with Crippen molar-refractivity contribution in [1.82, 2.24) is 30.0 Å². The van der Waals surface area contributed by atoms with E-state index in [0.717, 1.165) is 24.0 Å². The molecular weight excluding hydrogens is 558 g/mol. The maximum Gasteiger partial charge on any atom is 0.410 e. The van der Waals surface area contributed by atoms with Gasteiger partial charge in [0.25, 0.3) is 5.91 Å². The molecule has 0 bridgehead atoms. The van der Waals surface area contributed by atoms with Crippen LogP contribution in [0.2, 0.25) is 5.02 Å². The molecule has 11 nitrogen and oxygen atoms in total. The van der Waals surface area contributed by atoms with Crippen LogP contribution in [-0.4, -0.2) is 62.4 Å². The number of nitrogens with one attached hydrogen (secondary N) is 1. The van der Waals surface area contributed by atoms with E-state index in [4.69, 9.17) is 31.9 Å². The van der Waals surface area contributed by atoms with E-state index >= 15 is 0 Å². The summed E-state index contributed by atoms with van der Waals surface area (Å²) in [4.78, 5) is 36.0. The van der Waals surface area contributed by atoms with Crippen LogP contribution in [0.4, 0.5) is 10.6 Å². The highest BCUT2D eigenvalue weighted by Gasteiger charge is 2.31. The Morgan fingerprint density at radius 2 is 1.90 bits per heavy atom. The number of likely N-dealkylation sites (tertiary alicyclic amines) is 1. The Morgan fingerprint density at radius 1 is 1.14 bits per heavy atom. The third-order valence-corrected chi connectivity index (χ3v) is 7.31. The van der Waals surface area contributed by atoms with Gasteiger partial charge in [-0.05, 0) is 51.3 Å². The van der Waals surface area contributed by atoms with Gasteiger partial charge in [0, 0.05) is 25.2 Å². The standard InChI is InChI=1S/C30H34ClN7O4/c1-30(2,3)42-29(40)37-14-6-7-20(16-37)38-27-23(26(32)34-17-35-27)24(36-38)19-12-10-18(11-13-19)15-33-28(39)21-8-5-9-22(31)25(21)41-4/h5,8-13,17,20H,6-7,14-16H2,1-4H3,(H,33,39)(H2,32,34,35)/t20-/m1/s1. The molecule has 12 heteroatoms. The van der Waals surface area contributed by atoms with Crippen LogP contribution >= 0.6 is 11.6 Å². The second-order valence-electron chi connectivity index (χ2n) is 11.2. The van der Waals surface area contributed by atoms with Gasteiger partial charge in [-0.15, -0.1) is 0 Å². The highest BCUT2D eigenvalue weighted by atomic mass is 35.5. The molecule has 220 valence electrons. The Kier molecular flexibility index (Phi) is 8.22. The van der Waals surface area contributed by atoms with Crippen LogP contribution in [-0.2, 0) is 11.3 Å². The van der Waals surface area contributed by atoms with Crippen molar-refractivity contribution in [2.24, 2.45) is 0 Å². The lowest BCUT2D eigenvalue weighted by Crippen LogP contribution is -2.43. The van der Waals surface area contributed by atoms with E-state index in [9.17, 15) is 9.59 Å². The first-order valence-corrected chi connectivity index (χ1v) is 14.1. The number of nitrogens with two attached hydrogens (primary N) is 1. The summed E-state index contributed by atoms with van der Waals surface area (Å²) in [5.74, 6) is 0.371. The number of benzene rings is 2. The van der Waals surface area contributed by atoms with Gasteiger partial charge in [-0.25, -0.2) is 19.4 Å². The monoisotopic (exact) mass is 591 g/mol. The number of nitrogens with zero attached hydrogens (tertiary/aromatic N) is 5. The first-order chi connectivity index (χ1) is 20.1. The largest absolute Gasteiger partial charge is 0.494 e. The van der Waals surface area contributed by atoms with Crippen LogP contribution in [0.15, 0.2) is 48.8 Å². The fourth-order valence-electron chi connectivity index (χ4n) is 5.05. The van der Waals surface area contributed by atoms with Gasteiger partial charge in [0.15, 0.2) is 5.65 Å². The maximum atomic E-state index is 12.8. The van der Waals surface area contributed by atoms with Crippen LogP contribution < -0.4 is 15.8 Å². The third kappa shape index (κ3) is 6.11. The number of halogens is 1.